The van der Waals surface area contributed by atoms with Gasteiger partial charge in [-0.3, -0.25) is 4.79 Å². The molecule has 1 saturated heterocycles. The van der Waals surface area contributed by atoms with E-state index in [1.165, 1.54) is 0 Å². The predicted octanol–water partition coefficient (Wildman–Crippen LogP) is 7.70. The number of carbonyl (C=O) groups is 3. The Morgan fingerprint density at radius 3 is 2.18 bits per heavy atom. The Hall–Kier alpha value is -3.78. The number of Topliss-reactive ketones (excluding diaryl/α,β-unsaturated/α-hetero) is 1. The van der Waals surface area contributed by atoms with E-state index in [1.54, 1.807) is 42.6 Å². The zero-order valence-electron chi connectivity index (χ0n) is 26.7. The zero-order valence-corrected chi connectivity index (χ0v) is 27.5. The number of rotatable bonds is 11. The van der Waals surface area contributed by atoms with Gasteiger partial charge < -0.3 is 19.1 Å². The van der Waals surface area contributed by atoms with Crippen LogP contribution in [-0.2, 0) is 16.0 Å². The largest absolute Gasteiger partial charge is 0.476 e. The summed E-state index contributed by atoms with van der Waals surface area (Å²) in [5.41, 5.74) is 2.47. The highest BCUT2D eigenvalue weighted by Gasteiger charge is 2.40. The smallest absolute Gasteiger partial charge is 0.415 e. The van der Waals surface area contributed by atoms with Crippen LogP contribution in [0, 0.1) is 25.7 Å². The highest BCUT2D eigenvalue weighted by Crippen LogP contribution is 2.34. The first-order valence-electron chi connectivity index (χ1n) is 15.1. The van der Waals surface area contributed by atoms with Gasteiger partial charge in [-0.1, -0.05) is 42.5 Å². The average molecular weight is 618 g/mol. The second-order valence-corrected chi connectivity index (χ2v) is 13.1. The molecule has 0 radical (unpaired) electrons. The van der Waals surface area contributed by atoms with Crippen molar-refractivity contribution in [1.82, 2.24) is 4.90 Å². The molecule has 0 aromatic heterocycles. The maximum absolute atomic E-state index is 13.8. The summed E-state index contributed by atoms with van der Waals surface area (Å²) >= 11 is 1.63. The summed E-state index contributed by atoms with van der Waals surface area (Å²) in [6, 6.07) is 20.8. The van der Waals surface area contributed by atoms with E-state index in [2.05, 4.69) is 12.1 Å². The highest BCUT2D eigenvalue weighted by atomic mass is 32.2. The quantitative estimate of drug-likeness (QED) is 0.124. The number of hydrogen-bond acceptors (Lipinski definition) is 7. The Bertz CT molecular complexity index is 1440. The second kappa shape index (κ2) is 14.3. The van der Waals surface area contributed by atoms with Crippen LogP contribution in [0.2, 0.25) is 0 Å². The van der Waals surface area contributed by atoms with Crippen molar-refractivity contribution in [3.63, 3.8) is 0 Å². The number of aryl methyl sites for hydroxylation is 3. The van der Waals surface area contributed by atoms with Crippen LogP contribution in [0.5, 0.6) is 11.5 Å². The molecule has 1 aliphatic heterocycles. The molecule has 7 nitrogen and oxygen atoms in total. The third kappa shape index (κ3) is 8.23. The Kier molecular flexibility index (Phi) is 10.8. The van der Waals surface area contributed by atoms with Crippen molar-refractivity contribution in [2.24, 2.45) is 11.8 Å². The van der Waals surface area contributed by atoms with E-state index in [1.807, 2.05) is 76.4 Å². The van der Waals surface area contributed by atoms with Crippen LogP contribution in [0.4, 0.5) is 4.79 Å². The van der Waals surface area contributed by atoms with E-state index in [-0.39, 0.29) is 23.7 Å². The number of nitrogens with zero attached hydrogens (tertiary/aromatic N) is 1. The molecule has 1 fully saturated rings. The molecule has 1 amide bonds. The molecular formula is C36H43NO6S. The van der Waals surface area contributed by atoms with E-state index in [0.29, 0.717) is 30.2 Å². The van der Waals surface area contributed by atoms with Gasteiger partial charge in [0.2, 0.25) is 0 Å². The molecule has 0 aliphatic carbocycles. The summed E-state index contributed by atoms with van der Waals surface area (Å²) < 4.78 is 17.2. The molecule has 4 rings (SSSR count). The maximum atomic E-state index is 13.8. The normalized spacial score (nSPS) is 16.6. The molecule has 0 N–H and O–H groups in total. The van der Waals surface area contributed by atoms with Crippen LogP contribution in [0.1, 0.15) is 61.2 Å². The van der Waals surface area contributed by atoms with Gasteiger partial charge in [-0.2, -0.15) is 0 Å². The van der Waals surface area contributed by atoms with Crippen LogP contribution in [0.15, 0.2) is 71.6 Å². The van der Waals surface area contributed by atoms with Gasteiger partial charge in [-0.25, -0.2) is 9.59 Å². The SMILES string of the molecule is CSc1ccc(C(=O)[C@@H]2CN(C(=O)Oc3ccccc3)C[C@H]2CCc2cc(C)c(OC(C)(C)C(=O)OC(C)C)c(C)c2)cc1. The van der Waals surface area contributed by atoms with E-state index >= 15 is 0 Å². The fraction of sp³-hybridized carbons (Fsp3) is 0.417. The minimum Gasteiger partial charge on any atom is -0.476 e. The Morgan fingerprint density at radius 2 is 1.59 bits per heavy atom. The first-order valence-corrected chi connectivity index (χ1v) is 16.3. The summed E-state index contributed by atoms with van der Waals surface area (Å²) in [4.78, 5) is 42.2. The second-order valence-electron chi connectivity index (χ2n) is 12.2. The predicted molar refractivity (Wildman–Crippen MR) is 174 cm³/mol. The molecule has 2 atom stereocenters. The molecule has 234 valence electrons. The first kappa shape index (κ1) is 33.1. The topological polar surface area (TPSA) is 82.1 Å². The number of amides is 1. The molecule has 0 saturated carbocycles. The minimum absolute atomic E-state index is 0.0349. The van der Waals surface area contributed by atoms with Gasteiger partial charge in [0, 0.05) is 29.5 Å². The van der Waals surface area contributed by atoms with E-state index in [0.717, 1.165) is 34.4 Å². The van der Waals surface area contributed by atoms with E-state index in [4.69, 9.17) is 14.2 Å². The third-order valence-corrected chi connectivity index (χ3v) is 8.62. The average Bonchev–Trinajstić information content (AvgIpc) is 3.42. The number of carbonyl (C=O) groups excluding carboxylic acids is 3. The molecule has 0 unspecified atom stereocenters. The van der Waals surface area contributed by atoms with Gasteiger partial charge in [0.25, 0.3) is 0 Å². The molecule has 3 aromatic rings. The fourth-order valence-electron chi connectivity index (χ4n) is 5.58. The maximum Gasteiger partial charge on any atom is 0.415 e. The van der Waals surface area contributed by atoms with Crippen molar-refractivity contribution in [1.29, 1.82) is 0 Å². The summed E-state index contributed by atoms with van der Waals surface area (Å²) in [5, 5.41) is 0. The van der Waals surface area contributed by atoms with Gasteiger partial charge in [0.1, 0.15) is 11.5 Å². The van der Waals surface area contributed by atoms with Crippen molar-refractivity contribution in [3.8, 4) is 11.5 Å². The Balaban J connectivity index is 1.50. The molecule has 0 spiro atoms. The zero-order chi connectivity index (χ0) is 32.0. The lowest BCUT2D eigenvalue weighted by Gasteiger charge is -2.27. The number of likely N-dealkylation sites (tertiary alicyclic amines) is 1. The standard InChI is InChI=1S/C36H43NO6S/c1-23(2)41-34(39)36(5,6)43-33-24(3)19-26(20-25(33)4)13-14-28-21-37(35(40)42-29-11-9-8-10-12-29)22-31(28)32(38)27-15-17-30(44-7)18-16-27/h8-12,15-20,23,28,31H,13-14,21-22H2,1-7H3/t28-,31-/m1/s1. The molecule has 8 heteroatoms. The molecule has 1 aliphatic rings. The molecule has 44 heavy (non-hydrogen) atoms. The summed E-state index contributed by atoms with van der Waals surface area (Å²) in [7, 11) is 0. The van der Waals surface area contributed by atoms with Crippen molar-refractivity contribution in [2.45, 2.75) is 71.0 Å². The minimum atomic E-state index is -1.13. The fourth-order valence-corrected chi connectivity index (χ4v) is 5.99. The number of ketones is 1. The van der Waals surface area contributed by atoms with Crippen molar-refractivity contribution >= 4 is 29.6 Å². The van der Waals surface area contributed by atoms with Gasteiger partial charge in [0.15, 0.2) is 11.4 Å². The van der Waals surface area contributed by atoms with Crippen LogP contribution >= 0.6 is 11.8 Å². The lowest BCUT2D eigenvalue weighted by Crippen LogP contribution is -2.41. The van der Waals surface area contributed by atoms with Crippen LogP contribution in [0.3, 0.4) is 0 Å². The van der Waals surface area contributed by atoms with Crippen LogP contribution < -0.4 is 9.47 Å². The van der Waals surface area contributed by atoms with Gasteiger partial charge in [-0.05, 0) is 108 Å². The van der Waals surface area contributed by atoms with E-state index in [9.17, 15) is 14.4 Å². The lowest BCUT2D eigenvalue weighted by molar-refractivity contribution is -0.163. The number of thioether (sulfide) groups is 1. The Morgan fingerprint density at radius 1 is 0.955 bits per heavy atom. The summed E-state index contributed by atoms with van der Waals surface area (Å²) in [5.74, 6) is 0.403. The number of hydrogen-bond donors (Lipinski definition) is 0. The molecule has 3 aromatic carbocycles. The number of benzene rings is 3. The number of para-hydroxylation sites is 1. The van der Waals surface area contributed by atoms with Gasteiger partial charge in [-0.15, -0.1) is 11.8 Å². The molecular weight excluding hydrogens is 574 g/mol. The summed E-state index contributed by atoms with van der Waals surface area (Å²) in [6.45, 7) is 11.7. The van der Waals surface area contributed by atoms with E-state index < -0.39 is 17.7 Å². The molecule has 0 bridgehead atoms. The third-order valence-electron chi connectivity index (χ3n) is 7.87. The van der Waals surface area contributed by atoms with Crippen LogP contribution in [0.25, 0.3) is 0 Å². The van der Waals surface area contributed by atoms with Crippen LogP contribution in [-0.4, -0.2) is 53.8 Å². The monoisotopic (exact) mass is 617 g/mol. The van der Waals surface area contributed by atoms with Crippen molar-refractivity contribution in [2.75, 3.05) is 19.3 Å². The number of ether oxygens (including phenoxy) is 3. The lowest BCUT2D eigenvalue weighted by atomic mass is 9.84. The summed E-state index contributed by atoms with van der Waals surface area (Å²) in [6.07, 6.45) is 2.78. The Labute approximate surface area is 265 Å². The first-order chi connectivity index (χ1) is 20.9. The number of esters is 1. The van der Waals surface area contributed by atoms with Gasteiger partial charge >= 0.3 is 12.1 Å². The van der Waals surface area contributed by atoms with Gasteiger partial charge in [0.05, 0.1) is 6.10 Å². The molecule has 1 heterocycles. The highest BCUT2D eigenvalue weighted by molar-refractivity contribution is 7.98. The van der Waals surface area contributed by atoms with Crippen molar-refractivity contribution in [3.05, 3.63) is 89.0 Å². The van der Waals surface area contributed by atoms with Crippen molar-refractivity contribution < 1.29 is 28.6 Å².